The van der Waals surface area contributed by atoms with E-state index in [1.54, 1.807) is 0 Å². The fraction of sp³-hybridized carbons (Fsp3) is 0.947. The average molecular weight is 299 g/mol. The molecule has 1 atom stereocenters. The quantitative estimate of drug-likeness (QED) is 0.257. The van der Waals surface area contributed by atoms with Crippen LogP contribution in [0.2, 0.25) is 0 Å². The van der Waals surface area contributed by atoms with E-state index >= 15 is 0 Å². The number of hydrogen-bond donors (Lipinski definition) is 0. The van der Waals surface area contributed by atoms with Gasteiger partial charge in [0.25, 0.3) is 0 Å². The van der Waals surface area contributed by atoms with Crippen LogP contribution in [-0.4, -0.2) is 12.1 Å². The molecule has 0 bridgehead atoms. The van der Waals surface area contributed by atoms with Crippen LogP contribution in [0.25, 0.3) is 0 Å². The van der Waals surface area contributed by atoms with Crippen LogP contribution in [0, 0.1) is 0 Å². The maximum absolute atomic E-state index is 11.8. The smallest absolute Gasteiger partial charge is 0.306 e. The van der Waals surface area contributed by atoms with Crippen molar-refractivity contribution in [1.29, 1.82) is 0 Å². The van der Waals surface area contributed by atoms with Gasteiger partial charge < -0.3 is 4.74 Å². The predicted octanol–water partition coefficient (Wildman–Crippen LogP) is 6.42. The number of unbranched alkanes of at least 4 members (excludes halogenated alkanes) is 9. The molecule has 0 aromatic rings. The van der Waals surface area contributed by atoms with E-state index in [0.717, 1.165) is 19.3 Å². The van der Waals surface area contributed by atoms with Gasteiger partial charge in [-0.05, 0) is 25.7 Å². The molecule has 0 aromatic heterocycles. The van der Waals surface area contributed by atoms with Gasteiger partial charge in [0.15, 0.2) is 0 Å². The number of ether oxygens (including phenoxy) is 1. The van der Waals surface area contributed by atoms with Gasteiger partial charge in [-0.25, -0.2) is 0 Å². The first kappa shape index (κ1) is 20.5. The number of carbonyl (C=O) groups is 1. The van der Waals surface area contributed by atoms with Gasteiger partial charge in [-0.2, -0.15) is 0 Å². The SMILES string of the molecule is CCCCCCCCCCC(=O)OC(CC)CCCCC. The van der Waals surface area contributed by atoms with E-state index in [9.17, 15) is 4.79 Å². The summed E-state index contributed by atoms with van der Waals surface area (Å²) in [6.07, 6.45) is 16.6. The van der Waals surface area contributed by atoms with Crippen molar-refractivity contribution >= 4 is 5.97 Å². The first-order valence-electron chi connectivity index (χ1n) is 9.44. The third-order valence-electron chi connectivity index (χ3n) is 4.12. The van der Waals surface area contributed by atoms with Gasteiger partial charge >= 0.3 is 5.97 Å². The molecule has 0 amide bonds. The monoisotopic (exact) mass is 298 g/mol. The van der Waals surface area contributed by atoms with Crippen LogP contribution in [0.4, 0.5) is 0 Å². The lowest BCUT2D eigenvalue weighted by atomic mass is 10.1. The molecule has 0 aliphatic carbocycles. The van der Waals surface area contributed by atoms with Crippen LogP contribution in [0.5, 0.6) is 0 Å². The lowest BCUT2D eigenvalue weighted by molar-refractivity contribution is -0.149. The molecule has 2 heteroatoms. The lowest BCUT2D eigenvalue weighted by Crippen LogP contribution is -2.17. The Labute approximate surface area is 133 Å². The molecule has 126 valence electrons. The third kappa shape index (κ3) is 14.2. The molecule has 2 nitrogen and oxygen atoms in total. The highest BCUT2D eigenvalue weighted by atomic mass is 16.5. The van der Waals surface area contributed by atoms with Crippen LogP contribution in [0.15, 0.2) is 0 Å². The molecule has 0 rings (SSSR count). The average Bonchev–Trinajstić information content (AvgIpc) is 2.49. The van der Waals surface area contributed by atoms with E-state index in [1.807, 2.05) is 0 Å². The Morgan fingerprint density at radius 2 is 1.29 bits per heavy atom. The Balaban J connectivity index is 3.46. The summed E-state index contributed by atoms with van der Waals surface area (Å²) < 4.78 is 5.57. The summed E-state index contributed by atoms with van der Waals surface area (Å²) in [7, 11) is 0. The van der Waals surface area contributed by atoms with E-state index in [0.29, 0.717) is 6.42 Å². The molecule has 0 saturated heterocycles. The Morgan fingerprint density at radius 3 is 1.86 bits per heavy atom. The minimum absolute atomic E-state index is 0.0179. The molecule has 21 heavy (non-hydrogen) atoms. The lowest BCUT2D eigenvalue weighted by Gasteiger charge is -2.16. The summed E-state index contributed by atoms with van der Waals surface area (Å²) in [6.45, 7) is 6.56. The molecule has 1 unspecified atom stereocenters. The molecule has 0 N–H and O–H groups in total. The normalized spacial score (nSPS) is 12.3. The Kier molecular flexibility index (Phi) is 15.5. The highest BCUT2D eigenvalue weighted by Crippen LogP contribution is 2.13. The second-order valence-corrected chi connectivity index (χ2v) is 6.24. The highest BCUT2D eigenvalue weighted by molar-refractivity contribution is 5.69. The molecule has 0 heterocycles. The van der Waals surface area contributed by atoms with Gasteiger partial charge in [-0.3, -0.25) is 4.79 Å². The molecule has 0 radical (unpaired) electrons. The molecule has 0 spiro atoms. The van der Waals surface area contributed by atoms with Crippen LogP contribution < -0.4 is 0 Å². The zero-order valence-electron chi connectivity index (χ0n) is 14.8. The Hall–Kier alpha value is -0.530. The van der Waals surface area contributed by atoms with Gasteiger partial charge in [0.2, 0.25) is 0 Å². The van der Waals surface area contributed by atoms with Crippen molar-refractivity contribution in [3.05, 3.63) is 0 Å². The van der Waals surface area contributed by atoms with Crippen molar-refractivity contribution in [3.8, 4) is 0 Å². The summed E-state index contributed by atoms with van der Waals surface area (Å²) in [6, 6.07) is 0. The maximum atomic E-state index is 11.8. The van der Waals surface area contributed by atoms with E-state index in [-0.39, 0.29) is 12.1 Å². The van der Waals surface area contributed by atoms with Crippen molar-refractivity contribution < 1.29 is 9.53 Å². The predicted molar refractivity (Wildman–Crippen MR) is 91.5 cm³/mol. The molecule has 0 saturated carbocycles. The summed E-state index contributed by atoms with van der Waals surface area (Å²) in [5.41, 5.74) is 0. The van der Waals surface area contributed by atoms with Crippen LogP contribution >= 0.6 is 0 Å². The molecular formula is C19H38O2. The molecule has 0 aliphatic heterocycles. The minimum atomic E-state index is 0.0179. The summed E-state index contributed by atoms with van der Waals surface area (Å²) in [4.78, 5) is 11.8. The summed E-state index contributed by atoms with van der Waals surface area (Å²) >= 11 is 0. The number of hydrogen-bond acceptors (Lipinski definition) is 2. The van der Waals surface area contributed by atoms with Crippen molar-refractivity contribution in [2.75, 3.05) is 0 Å². The largest absolute Gasteiger partial charge is 0.462 e. The van der Waals surface area contributed by atoms with E-state index in [4.69, 9.17) is 4.74 Å². The number of esters is 1. The number of rotatable bonds is 15. The standard InChI is InChI=1S/C19H38O2/c1-4-7-9-10-11-12-13-15-17-19(20)21-18(6-3)16-14-8-5-2/h18H,4-17H2,1-3H3. The van der Waals surface area contributed by atoms with Gasteiger partial charge in [0.1, 0.15) is 6.10 Å². The topological polar surface area (TPSA) is 26.3 Å². The zero-order valence-corrected chi connectivity index (χ0v) is 14.8. The molecule has 0 fully saturated rings. The molecule has 0 aliphatic rings. The van der Waals surface area contributed by atoms with Crippen molar-refractivity contribution in [2.45, 2.75) is 117 Å². The molecular weight excluding hydrogens is 260 g/mol. The highest BCUT2D eigenvalue weighted by Gasteiger charge is 2.11. The zero-order chi connectivity index (χ0) is 15.8. The third-order valence-corrected chi connectivity index (χ3v) is 4.12. The van der Waals surface area contributed by atoms with Gasteiger partial charge in [-0.15, -0.1) is 0 Å². The van der Waals surface area contributed by atoms with Crippen LogP contribution in [0.3, 0.4) is 0 Å². The van der Waals surface area contributed by atoms with E-state index in [2.05, 4.69) is 20.8 Å². The van der Waals surface area contributed by atoms with E-state index in [1.165, 1.54) is 64.2 Å². The minimum Gasteiger partial charge on any atom is -0.462 e. The second-order valence-electron chi connectivity index (χ2n) is 6.24. The van der Waals surface area contributed by atoms with Crippen LogP contribution in [-0.2, 0) is 9.53 Å². The van der Waals surface area contributed by atoms with Crippen molar-refractivity contribution in [2.24, 2.45) is 0 Å². The Bertz CT molecular complexity index is 226. The van der Waals surface area contributed by atoms with Crippen molar-refractivity contribution in [1.82, 2.24) is 0 Å². The first-order chi connectivity index (χ1) is 10.2. The van der Waals surface area contributed by atoms with Gasteiger partial charge in [0.05, 0.1) is 0 Å². The van der Waals surface area contributed by atoms with E-state index < -0.39 is 0 Å². The summed E-state index contributed by atoms with van der Waals surface area (Å²) in [5.74, 6) is 0.0179. The first-order valence-corrected chi connectivity index (χ1v) is 9.44. The van der Waals surface area contributed by atoms with Crippen molar-refractivity contribution in [3.63, 3.8) is 0 Å². The van der Waals surface area contributed by atoms with Crippen LogP contribution in [0.1, 0.15) is 111 Å². The Morgan fingerprint density at radius 1 is 0.762 bits per heavy atom. The van der Waals surface area contributed by atoms with Gasteiger partial charge in [-0.1, -0.05) is 78.6 Å². The fourth-order valence-corrected chi connectivity index (χ4v) is 2.62. The summed E-state index contributed by atoms with van der Waals surface area (Å²) in [5, 5.41) is 0. The maximum Gasteiger partial charge on any atom is 0.306 e. The van der Waals surface area contributed by atoms with Gasteiger partial charge in [0, 0.05) is 6.42 Å². The molecule has 0 aromatic carbocycles. The number of carbonyl (C=O) groups excluding carboxylic acids is 1. The fourth-order valence-electron chi connectivity index (χ4n) is 2.62. The second kappa shape index (κ2) is 15.9.